The molecule has 7 aliphatic heterocycles. The number of anilines is 4. The number of alkyl halides is 6. The van der Waals surface area contributed by atoms with E-state index in [2.05, 4.69) is 62.6 Å². The largest absolute Gasteiger partial charge is 0.496 e. The van der Waals surface area contributed by atoms with Gasteiger partial charge in [-0.05, 0) is 177 Å². The molecule has 7 fully saturated rings. The third kappa shape index (κ3) is 28.0. The van der Waals surface area contributed by atoms with Gasteiger partial charge in [0.25, 0.3) is 34.8 Å². The maximum Gasteiger partial charge on any atom is 0.338 e. The van der Waals surface area contributed by atoms with E-state index in [0.717, 1.165) is 160 Å². The molecule has 0 saturated carbocycles. The van der Waals surface area contributed by atoms with E-state index in [1.54, 1.807) is 38.1 Å². The van der Waals surface area contributed by atoms with Crippen LogP contribution in [0.5, 0.6) is 11.5 Å². The van der Waals surface area contributed by atoms with E-state index < -0.39 is 29.7 Å². The number of aryl methyl sites for hydroxylation is 2. The molecule has 13 heterocycles. The number of H-pyrrole nitrogens is 2. The van der Waals surface area contributed by atoms with Gasteiger partial charge in [-0.2, -0.15) is 0 Å². The number of halogens is 7. The van der Waals surface area contributed by atoms with Crippen molar-refractivity contribution >= 4 is 109 Å². The van der Waals surface area contributed by atoms with Gasteiger partial charge in [-0.25, -0.2) is 40.7 Å². The Morgan fingerprint density at radius 3 is 1.01 bits per heavy atom. The molecule has 4 aromatic carbocycles. The molecule has 0 unspecified atom stereocenters. The molecule has 7 saturated heterocycles. The monoisotopic (exact) mass is 2090 g/mol. The summed E-state index contributed by atoms with van der Waals surface area (Å²) in [6.45, 7) is 32.1. The van der Waals surface area contributed by atoms with Crippen LogP contribution in [0, 0.1) is 13.8 Å². The number of esters is 2. The number of ether oxygens (including phenoxy) is 8. The highest BCUT2D eigenvalue weighted by Gasteiger charge is 2.40. The number of aldehydes is 1. The Labute approximate surface area is 867 Å². The Kier molecular flexibility index (Phi) is 42.3. The van der Waals surface area contributed by atoms with Crippen molar-refractivity contribution in [2.45, 2.75) is 267 Å². The molecule has 1 amide bonds. The number of carboxylic acids is 1. The number of nitrogens with two attached hydrogens (primary N) is 1. The van der Waals surface area contributed by atoms with Crippen molar-refractivity contribution in [3.8, 4) is 11.5 Å². The standard InChI is InChI=1S/C32H42F2N4O5.C25H34F2N2O4.C24H32F2N2O4.C20H25NO5.C8H12N2O2.CH4.ClH/c1-5-23-26(38(6-2)21-7-13-42-14-8-21)17-28-24(16-22(43-28)19-37-11-9-32(33,34)10-12-37)29(23)31(40)35-18-25-27(41-4)15-20(3)36-30(25)39;1-4-19-21(29(5-2)17-6-12-32-13-7-17)15-22-20(23(19)24(30)31-3)14-18(33-22)16-28-10-8-25(26,27)9-11-28;1-3-18-20(28(4-2)16-5-11-31-12-6-16)14-21-19(22(18)23(29)30)13-17(32-21)15-27-9-7-24(25,26)8-10-27;1-4-15-17(21(5-2)13-6-8-25-9-7-13)11-18-16(10-14(12-22)26-18)19(15)20(23)24-3;1-5-3-7(12-2)6(4-9)8(11)10-5;;/h15-17,21H,5-14,18-19H2,1-4H3,(H,35,40)(H,36,39);14-15,17H,4-13,16H2,1-3H3;13-14,16H,3-12,15H2,1-2H3,(H,29,30);10-13H,4-9H2,1-3H3;3H,4,9H2,1-2H3,(H,10,11);1H4;1H. The summed E-state index contributed by atoms with van der Waals surface area (Å²) in [6, 6.07) is 19.8. The number of hydrogen-bond donors (Lipinski definition) is 5. The molecule has 0 bridgehead atoms. The van der Waals surface area contributed by atoms with Crippen LogP contribution in [-0.4, -0.2) is 249 Å². The van der Waals surface area contributed by atoms with Crippen LogP contribution >= 0.6 is 12.4 Å². The summed E-state index contributed by atoms with van der Waals surface area (Å²) in [5.41, 5.74) is 18.6. The van der Waals surface area contributed by atoms with Crippen molar-refractivity contribution in [1.29, 1.82) is 0 Å². The number of aromatic carboxylic acids is 1. The first-order valence-electron chi connectivity index (χ1n) is 51.5. The fourth-order valence-electron chi connectivity index (χ4n) is 21.6. The predicted octanol–water partition coefficient (Wildman–Crippen LogP) is 19.9. The van der Waals surface area contributed by atoms with Crippen LogP contribution in [0.2, 0.25) is 0 Å². The molecule has 38 heteroatoms. The average Bonchev–Trinajstić information content (AvgIpc) is 1.57. The van der Waals surface area contributed by atoms with Crippen LogP contribution in [0.3, 0.4) is 0 Å². The number of carbonyl (C=O) groups excluding carboxylic acids is 4. The maximum absolute atomic E-state index is 14.1. The number of carboxylic acid groups (broad SMARTS) is 1. The predicted molar refractivity (Wildman–Crippen MR) is 563 cm³/mol. The van der Waals surface area contributed by atoms with E-state index in [9.17, 15) is 65.0 Å². The Balaban J connectivity index is 0.000000182. The molecule has 31 nitrogen and oxygen atoms in total. The van der Waals surface area contributed by atoms with E-state index in [1.165, 1.54) is 28.4 Å². The Bertz CT molecular complexity index is 6240. The molecule has 10 aromatic rings. The minimum Gasteiger partial charge on any atom is -0.496 e. The first kappa shape index (κ1) is 117. The zero-order valence-electron chi connectivity index (χ0n) is 87.2. The van der Waals surface area contributed by atoms with Crippen molar-refractivity contribution in [2.75, 3.05) is 166 Å². The van der Waals surface area contributed by atoms with Crippen molar-refractivity contribution < 1.29 is 111 Å². The number of benzene rings is 4. The third-order valence-electron chi connectivity index (χ3n) is 29.1. The fourth-order valence-corrected chi connectivity index (χ4v) is 21.6. The average molecular weight is 2100 g/mol. The van der Waals surface area contributed by atoms with Gasteiger partial charge in [0.05, 0.1) is 88.0 Å². The molecule has 6 aromatic heterocycles. The Hall–Kier alpha value is -11.2. The van der Waals surface area contributed by atoms with Gasteiger partial charge in [0.2, 0.25) is 0 Å². The van der Waals surface area contributed by atoms with Gasteiger partial charge in [-0.1, -0.05) is 35.1 Å². The number of amides is 1. The fraction of sp³-hybridized carbons (Fsp3) is 0.573. The number of pyridine rings is 2. The molecule has 17 rings (SSSR count). The normalized spacial score (nSPS) is 17.3. The van der Waals surface area contributed by atoms with Crippen LogP contribution in [0.1, 0.15) is 267 Å². The second kappa shape index (κ2) is 53.5. The number of carbonyl (C=O) groups is 5. The van der Waals surface area contributed by atoms with Gasteiger partial charge in [-0.3, -0.25) is 33.9 Å². The quantitative estimate of drug-likeness (QED) is 0.0148. The number of aromatic nitrogens is 2. The van der Waals surface area contributed by atoms with Crippen molar-refractivity contribution in [3.05, 3.63) is 171 Å². The highest BCUT2D eigenvalue weighted by molar-refractivity contribution is 6.11. The van der Waals surface area contributed by atoms with E-state index in [-0.39, 0.29) is 125 Å². The summed E-state index contributed by atoms with van der Waals surface area (Å²) in [5, 5.41) is 15.7. The van der Waals surface area contributed by atoms with E-state index in [0.29, 0.717) is 223 Å². The Morgan fingerprint density at radius 1 is 0.432 bits per heavy atom. The summed E-state index contributed by atoms with van der Waals surface area (Å²) in [7, 11) is 5.78. The topological polar surface area (TPSA) is 358 Å². The molecular formula is C110H150ClF6N11O20. The summed E-state index contributed by atoms with van der Waals surface area (Å²) < 4.78 is 149. The zero-order valence-corrected chi connectivity index (χ0v) is 88.1. The van der Waals surface area contributed by atoms with Crippen LogP contribution in [0.25, 0.3) is 43.9 Å². The highest BCUT2D eigenvalue weighted by Crippen LogP contribution is 2.45. The van der Waals surface area contributed by atoms with Gasteiger partial charge in [0.15, 0.2) is 12.0 Å². The van der Waals surface area contributed by atoms with Gasteiger partial charge in [-0.15, -0.1) is 12.4 Å². The first-order valence-corrected chi connectivity index (χ1v) is 51.5. The zero-order chi connectivity index (χ0) is 105. The minimum atomic E-state index is -2.63. The number of hydrogen-bond acceptors (Lipinski definition) is 27. The lowest BCUT2D eigenvalue weighted by molar-refractivity contribution is -0.0579. The summed E-state index contributed by atoms with van der Waals surface area (Å²) in [5.74, 6) is -6.81. The van der Waals surface area contributed by atoms with Crippen LogP contribution in [0.4, 0.5) is 49.1 Å². The molecular weight excluding hydrogens is 1940 g/mol. The molecule has 0 aliphatic carbocycles. The lowest BCUT2D eigenvalue weighted by Gasteiger charge is -2.37. The van der Waals surface area contributed by atoms with E-state index in [1.807, 2.05) is 78.8 Å². The van der Waals surface area contributed by atoms with Crippen molar-refractivity contribution in [1.82, 2.24) is 30.0 Å². The smallest absolute Gasteiger partial charge is 0.338 e. The third-order valence-corrected chi connectivity index (χ3v) is 29.1. The van der Waals surface area contributed by atoms with E-state index in [4.69, 9.17) is 61.3 Å². The molecule has 0 atom stereocenters. The molecule has 7 aliphatic rings. The number of fused-ring (bicyclic) bond motifs is 4. The number of furan rings is 4. The molecule has 0 spiro atoms. The number of aromatic amines is 2. The maximum atomic E-state index is 14.1. The summed E-state index contributed by atoms with van der Waals surface area (Å²) in [6.07, 6.45) is 9.59. The lowest BCUT2D eigenvalue weighted by Crippen LogP contribution is -2.40. The van der Waals surface area contributed by atoms with E-state index >= 15 is 0 Å². The molecule has 0 radical (unpaired) electrons. The highest BCUT2D eigenvalue weighted by atomic mass is 35.5. The number of rotatable bonds is 32. The number of methoxy groups -OCH3 is 4. The molecule has 814 valence electrons. The summed E-state index contributed by atoms with van der Waals surface area (Å²) in [4.78, 5) is 108. The van der Waals surface area contributed by atoms with Gasteiger partial charge >= 0.3 is 17.9 Å². The number of likely N-dealkylation sites (tertiary alicyclic amines) is 3. The van der Waals surface area contributed by atoms with Crippen molar-refractivity contribution in [2.24, 2.45) is 5.73 Å². The van der Waals surface area contributed by atoms with Crippen LogP contribution in [-0.2, 0) is 86.8 Å². The Morgan fingerprint density at radius 2 is 0.716 bits per heavy atom. The molecule has 6 N–H and O–H groups in total. The van der Waals surface area contributed by atoms with Crippen LogP contribution < -0.4 is 51.2 Å². The molecule has 148 heavy (non-hydrogen) atoms. The minimum absolute atomic E-state index is 0. The second-order valence-electron chi connectivity index (χ2n) is 38.2. The van der Waals surface area contributed by atoms with Gasteiger partial charge in [0.1, 0.15) is 51.1 Å². The number of nitrogens with one attached hydrogen (secondary N) is 3. The first-order chi connectivity index (χ1) is 70.1. The number of piperidine rings is 3. The van der Waals surface area contributed by atoms with Gasteiger partial charge < -0.3 is 101 Å². The lowest BCUT2D eigenvalue weighted by atomic mass is 9.95. The van der Waals surface area contributed by atoms with Crippen molar-refractivity contribution in [3.63, 3.8) is 0 Å². The number of nitrogens with zero attached hydrogens (tertiary/aromatic N) is 7. The SMILES string of the molecule is C.CCc1c(N(CC)C2CCOCC2)cc2oc(C=O)cc2c1C(=O)OC.CCc1c(N(CC)C2CCOCC2)cc2oc(CN3CCC(F)(F)CC3)cc2c1C(=O)NCc1c(OC)cc(C)[nH]c1=O.CCc1c(N(CC)C2CCOCC2)cc2oc(CN3CCC(F)(F)CC3)cc2c1C(=O)O.CCc1c(N(CC)C2CCOCC2)cc2oc(CN3CCC(F)(F)CC3)cc2c1C(=O)OC.COc1cc(C)[nH]c(=O)c1CN.Cl. The summed E-state index contributed by atoms with van der Waals surface area (Å²) >= 11 is 0. The second-order valence-corrected chi connectivity index (χ2v) is 38.2. The van der Waals surface area contributed by atoms with Crippen LogP contribution in [0.15, 0.2) is 87.9 Å². The van der Waals surface area contributed by atoms with Gasteiger partial charge in [0, 0.05) is 267 Å².